The van der Waals surface area contributed by atoms with Crippen molar-refractivity contribution in [1.82, 2.24) is 5.32 Å². The van der Waals surface area contributed by atoms with Crippen molar-refractivity contribution in [2.75, 3.05) is 20.3 Å². The molecular formula is C15H24FNO2. The van der Waals surface area contributed by atoms with Crippen LogP contribution in [0.25, 0.3) is 0 Å². The monoisotopic (exact) mass is 269 g/mol. The van der Waals surface area contributed by atoms with E-state index in [4.69, 9.17) is 4.74 Å². The van der Waals surface area contributed by atoms with Gasteiger partial charge in [-0.25, -0.2) is 4.39 Å². The van der Waals surface area contributed by atoms with Gasteiger partial charge in [-0.2, -0.15) is 0 Å². The van der Waals surface area contributed by atoms with Crippen LogP contribution in [0, 0.1) is 11.2 Å². The topological polar surface area (TPSA) is 41.5 Å². The molecule has 2 N–H and O–H groups in total. The van der Waals surface area contributed by atoms with Gasteiger partial charge in [0.25, 0.3) is 0 Å². The molecule has 108 valence electrons. The van der Waals surface area contributed by atoms with E-state index in [-0.39, 0.29) is 23.0 Å². The number of nitrogens with one attached hydrogen (secondary N) is 1. The van der Waals surface area contributed by atoms with Gasteiger partial charge in [0.2, 0.25) is 0 Å². The smallest absolute Gasteiger partial charge is 0.131 e. The lowest BCUT2D eigenvalue weighted by Gasteiger charge is -2.27. The molecule has 3 nitrogen and oxygen atoms in total. The van der Waals surface area contributed by atoms with Crippen LogP contribution in [0.4, 0.5) is 4.39 Å². The number of halogens is 1. The van der Waals surface area contributed by atoms with Crippen LogP contribution in [-0.4, -0.2) is 25.4 Å². The zero-order valence-corrected chi connectivity index (χ0v) is 12.2. The van der Waals surface area contributed by atoms with Crippen LogP contribution in [0.5, 0.6) is 5.75 Å². The summed E-state index contributed by atoms with van der Waals surface area (Å²) in [6, 6.07) is 4.17. The van der Waals surface area contributed by atoms with Crippen molar-refractivity contribution in [2.24, 2.45) is 5.41 Å². The summed E-state index contributed by atoms with van der Waals surface area (Å²) in [5.74, 6) is -0.427. The SMILES string of the molecule is COCCC(C)(C)CNC(C)c1ccc(O)cc1F. The van der Waals surface area contributed by atoms with Crippen molar-refractivity contribution in [2.45, 2.75) is 33.2 Å². The molecule has 0 heterocycles. The second kappa shape index (κ2) is 6.87. The van der Waals surface area contributed by atoms with Crippen LogP contribution in [0.1, 0.15) is 38.8 Å². The predicted octanol–water partition coefficient (Wildman–Crippen LogP) is 3.24. The van der Waals surface area contributed by atoms with Gasteiger partial charge in [-0.05, 0) is 24.8 Å². The Morgan fingerprint density at radius 1 is 1.42 bits per heavy atom. The van der Waals surface area contributed by atoms with Crippen LogP contribution in [-0.2, 0) is 4.74 Å². The number of methoxy groups -OCH3 is 1. The summed E-state index contributed by atoms with van der Waals surface area (Å²) in [5.41, 5.74) is 0.665. The van der Waals surface area contributed by atoms with Gasteiger partial charge in [-0.1, -0.05) is 19.9 Å². The van der Waals surface area contributed by atoms with Gasteiger partial charge in [-0.3, -0.25) is 0 Å². The molecular weight excluding hydrogens is 245 g/mol. The summed E-state index contributed by atoms with van der Waals surface area (Å²) in [5, 5.41) is 12.5. The molecule has 0 spiro atoms. The summed E-state index contributed by atoms with van der Waals surface area (Å²) >= 11 is 0. The summed E-state index contributed by atoms with van der Waals surface area (Å²) < 4.78 is 18.8. The number of rotatable bonds is 7. The third kappa shape index (κ3) is 5.17. The normalized spacial score (nSPS) is 13.5. The molecule has 0 bridgehead atoms. The first-order chi connectivity index (χ1) is 8.85. The Hall–Kier alpha value is -1.13. The van der Waals surface area contributed by atoms with Crippen molar-refractivity contribution in [3.63, 3.8) is 0 Å². The molecule has 4 heteroatoms. The number of phenolic OH excluding ortho intramolecular Hbond substituents is 1. The van der Waals surface area contributed by atoms with Crippen molar-refractivity contribution >= 4 is 0 Å². The van der Waals surface area contributed by atoms with E-state index in [0.29, 0.717) is 5.56 Å². The maximum Gasteiger partial charge on any atom is 0.131 e. The molecule has 0 aliphatic heterocycles. The summed E-state index contributed by atoms with van der Waals surface area (Å²) in [6.07, 6.45) is 0.946. The molecule has 1 aromatic rings. The number of hydrogen-bond acceptors (Lipinski definition) is 3. The predicted molar refractivity (Wildman–Crippen MR) is 74.8 cm³/mol. The molecule has 19 heavy (non-hydrogen) atoms. The van der Waals surface area contributed by atoms with Gasteiger partial charge < -0.3 is 15.2 Å². The zero-order valence-electron chi connectivity index (χ0n) is 12.2. The minimum absolute atomic E-state index is 0.0473. The van der Waals surface area contributed by atoms with Crippen molar-refractivity contribution < 1.29 is 14.2 Å². The van der Waals surface area contributed by atoms with Crippen molar-refractivity contribution in [3.05, 3.63) is 29.6 Å². The molecule has 0 aliphatic rings. The first-order valence-electron chi connectivity index (χ1n) is 6.56. The van der Waals surface area contributed by atoms with Crippen molar-refractivity contribution in [3.8, 4) is 5.75 Å². The molecule has 0 aromatic heterocycles. The van der Waals surface area contributed by atoms with Gasteiger partial charge in [0.1, 0.15) is 11.6 Å². The fourth-order valence-electron chi connectivity index (χ4n) is 1.87. The van der Waals surface area contributed by atoms with E-state index in [2.05, 4.69) is 19.2 Å². The minimum atomic E-state index is -0.380. The highest BCUT2D eigenvalue weighted by Crippen LogP contribution is 2.24. The quantitative estimate of drug-likeness (QED) is 0.798. The maximum atomic E-state index is 13.7. The summed E-state index contributed by atoms with van der Waals surface area (Å²) in [7, 11) is 1.69. The van der Waals surface area contributed by atoms with Gasteiger partial charge >= 0.3 is 0 Å². The molecule has 0 aliphatic carbocycles. The van der Waals surface area contributed by atoms with Crippen LogP contribution >= 0.6 is 0 Å². The molecule has 1 unspecified atom stereocenters. The number of hydrogen-bond donors (Lipinski definition) is 2. The van der Waals surface area contributed by atoms with E-state index in [0.717, 1.165) is 25.6 Å². The average molecular weight is 269 g/mol. The first-order valence-corrected chi connectivity index (χ1v) is 6.56. The van der Waals surface area contributed by atoms with Crippen LogP contribution in [0.15, 0.2) is 18.2 Å². The molecule has 0 saturated heterocycles. The number of phenols is 1. The fourth-order valence-corrected chi connectivity index (χ4v) is 1.87. The van der Waals surface area contributed by atoms with E-state index in [1.807, 2.05) is 6.92 Å². The van der Waals surface area contributed by atoms with Crippen LogP contribution in [0.2, 0.25) is 0 Å². The lowest BCUT2D eigenvalue weighted by atomic mass is 9.89. The Balaban J connectivity index is 2.57. The zero-order chi connectivity index (χ0) is 14.5. The Bertz CT molecular complexity index is 407. The molecule has 0 saturated carbocycles. The van der Waals surface area contributed by atoms with Crippen LogP contribution < -0.4 is 5.32 Å². The van der Waals surface area contributed by atoms with E-state index in [1.165, 1.54) is 6.07 Å². The standard InChI is InChI=1S/C15H24FNO2/c1-11(13-6-5-12(18)9-14(13)16)17-10-15(2,3)7-8-19-4/h5-6,9,11,17-18H,7-8,10H2,1-4H3. The highest BCUT2D eigenvalue weighted by molar-refractivity contribution is 5.29. The number of benzene rings is 1. The first kappa shape index (κ1) is 15.9. The Kier molecular flexibility index (Phi) is 5.76. The van der Waals surface area contributed by atoms with E-state index < -0.39 is 0 Å². The second-order valence-corrected chi connectivity index (χ2v) is 5.72. The third-order valence-electron chi connectivity index (χ3n) is 3.32. The van der Waals surface area contributed by atoms with Crippen molar-refractivity contribution in [1.29, 1.82) is 0 Å². The van der Waals surface area contributed by atoms with Gasteiger partial charge in [-0.15, -0.1) is 0 Å². The van der Waals surface area contributed by atoms with Gasteiger partial charge in [0, 0.05) is 37.9 Å². The highest BCUT2D eigenvalue weighted by atomic mass is 19.1. The average Bonchev–Trinajstić information content (AvgIpc) is 2.34. The Morgan fingerprint density at radius 2 is 2.11 bits per heavy atom. The molecule has 1 aromatic carbocycles. The minimum Gasteiger partial charge on any atom is -0.508 e. The Morgan fingerprint density at radius 3 is 2.68 bits per heavy atom. The summed E-state index contributed by atoms with van der Waals surface area (Å²) in [6.45, 7) is 7.72. The second-order valence-electron chi connectivity index (χ2n) is 5.72. The Labute approximate surface area is 114 Å². The van der Waals surface area contributed by atoms with E-state index in [1.54, 1.807) is 13.2 Å². The number of ether oxygens (including phenoxy) is 1. The molecule has 1 atom stereocenters. The molecule has 1 rings (SSSR count). The lowest BCUT2D eigenvalue weighted by Crippen LogP contribution is -2.32. The maximum absolute atomic E-state index is 13.7. The highest BCUT2D eigenvalue weighted by Gasteiger charge is 2.19. The van der Waals surface area contributed by atoms with Gasteiger partial charge in [0.05, 0.1) is 0 Å². The summed E-state index contributed by atoms with van der Waals surface area (Å²) in [4.78, 5) is 0. The molecule has 0 radical (unpaired) electrons. The largest absolute Gasteiger partial charge is 0.508 e. The van der Waals surface area contributed by atoms with Crippen LogP contribution in [0.3, 0.4) is 0 Å². The fraction of sp³-hybridized carbons (Fsp3) is 0.600. The molecule has 0 fully saturated rings. The molecule has 0 amide bonds. The number of aromatic hydroxyl groups is 1. The van der Waals surface area contributed by atoms with E-state index >= 15 is 0 Å². The van der Waals surface area contributed by atoms with E-state index in [9.17, 15) is 9.50 Å². The lowest BCUT2D eigenvalue weighted by molar-refractivity contribution is 0.149. The van der Waals surface area contributed by atoms with Gasteiger partial charge in [0.15, 0.2) is 0 Å². The third-order valence-corrected chi connectivity index (χ3v) is 3.32.